The number of carbonyl (C=O) groups is 1. The van der Waals surface area contributed by atoms with E-state index in [0.29, 0.717) is 29.9 Å². The summed E-state index contributed by atoms with van der Waals surface area (Å²) in [6.07, 6.45) is 0. The predicted molar refractivity (Wildman–Crippen MR) is 70.3 cm³/mol. The summed E-state index contributed by atoms with van der Waals surface area (Å²) in [5.74, 6) is -0.729. The van der Waals surface area contributed by atoms with Gasteiger partial charge in [-0.25, -0.2) is 4.39 Å². The summed E-state index contributed by atoms with van der Waals surface area (Å²) in [6, 6.07) is 1.96. The van der Waals surface area contributed by atoms with Gasteiger partial charge in [0, 0.05) is 11.0 Å². The SMILES string of the molecule is O=C(Nc1c(Cl)cc(F)cc1Br)C1COCCN1. The maximum absolute atomic E-state index is 13.0. The Bertz CT molecular complexity index is 443. The van der Waals surface area contributed by atoms with Crippen LogP contribution < -0.4 is 10.6 Å². The van der Waals surface area contributed by atoms with Crippen LogP contribution in [0.1, 0.15) is 0 Å². The molecule has 0 aromatic heterocycles. The van der Waals surface area contributed by atoms with E-state index in [2.05, 4.69) is 26.6 Å². The predicted octanol–water partition coefficient (Wildman–Crippen LogP) is 2.17. The Morgan fingerprint density at radius 2 is 2.39 bits per heavy atom. The van der Waals surface area contributed by atoms with Crippen molar-refractivity contribution in [2.24, 2.45) is 0 Å². The summed E-state index contributed by atoms with van der Waals surface area (Å²) in [5.41, 5.74) is 0.357. The van der Waals surface area contributed by atoms with Crippen molar-refractivity contribution < 1.29 is 13.9 Å². The zero-order valence-corrected chi connectivity index (χ0v) is 11.6. The van der Waals surface area contributed by atoms with Gasteiger partial charge in [-0.1, -0.05) is 11.6 Å². The Hall–Kier alpha value is -0.690. The number of carbonyl (C=O) groups excluding carboxylic acids is 1. The van der Waals surface area contributed by atoms with Crippen LogP contribution in [0.15, 0.2) is 16.6 Å². The molecule has 1 amide bonds. The fourth-order valence-corrected chi connectivity index (χ4v) is 2.50. The average molecular weight is 338 g/mol. The van der Waals surface area contributed by atoms with E-state index in [1.807, 2.05) is 0 Å². The highest BCUT2D eigenvalue weighted by Gasteiger charge is 2.22. The zero-order chi connectivity index (χ0) is 13.1. The lowest BCUT2D eigenvalue weighted by Crippen LogP contribution is -2.48. The van der Waals surface area contributed by atoms with Crippen LogP contribution in [0.4, 0.5) is 10.1 Å². The normalized spacial score (nSPS) is 19.6. The van der Waals surface area contributed by atoms with E-state index in [4.69, 9.17) is 16.3 Å². The van der Waals surface area contributed by atoms with Crippen LogP contribution in [0.2, 0.25) is 5.02 Å². The van der Waals surface area contributed by atoms with Gasteiger partial charge >= 0.3 is 0 Å². The first kappa shape index (κ1) is 13.7. The standard InChI is InChI=1S/C11H11BrClFN2O2/c12-7-3-6(14)4-8(13)10(7)16-11(17)9-5-18-2-1-15-9/h3-4,9,15H,1-2,5H2,(H,16,17). The highest BCUT2D eigenvalue weighted by Crippen LogP contribution is 2.31. The van der Waals surface area contributed by atoms with Crippen molar-refractivity contribution in [1.29, 1.82) is 0 Å². The minimum Gasteiger partial charge on any atom is -0.378 e. The fourth-order valence-electron chi connectivity index (χ4n) is 1.61. The van der Waals surface area contributed by atoms with Crippen LogP contribution in [0, 0.1) is 5.82 Å². The van der Waals surface area contributed by atoms with Crippen LogP contribution in [0.3, 0.4) is 0 Å². The lowest BCUT2D eigenvalue weighted by Gasteiger charge is -2.23. The molecule has 98 valence electrons. The highest BCUT2D eigenvalue weighted by atomic mass is 79.9. The number of benzene rings is 1. The molecule has 1 aliphatic rings. The third kappa shape index (κ3) is 3.20. The molecule has 2 rings (SSSR count). The van der Waals surface area contributed by atoms with E-state index in [0.717, 1.165) is 6.07 Å². The molecule has 1 fully saturated rings. The first-order chi connectivity index (χ1) is 8.58. The van der Waals surface area contributed by atoms with Crippen LogP contribution >= 0.6 is 27.5 Å². The number of rotatable bonds is 2. The van der Waals surface area contributed by atoms with Gasteiger partial charge in [0.05, 0.1) is 23.9 Å². The largest absolute Gasteiger partial charge is 0.378 e. The second kappa shape index (κ2) is 5.97. The molecule has 7 heteroatoms. The molecule has 2 N–H and O–H groups in total. The Kier molecular flexibility index (Phi) is 4.55. The molecule has 0 bridgehead atoms. The average Bonchev–Trinajstić information content (AvgIpc) is 2.34. The van der Waals surface area contributed by atoms with E-state index >= 15 is 0 Å². The number of anilines is 1. The minimum absolute atomic E-state index is 0.145. The molecule has 18 heavy (non-hydrogen) atoms. The smallest absolute Gasteiger partial charge is 0.243 e. The molecular weight excluding hydrogens is 326 g/mol. The van der Waals surface area contributed by atoms with Crippen LogP contribution in [0.5, 0.6) is 0 Å². The first-order valence-corrected chi connectivity index (χ1v) is 6.51. The summed E-state index contributed by atoms with van der Waals surface area (Å²) in [5, 5.41) is 5.81. The molecular formula is C11H11BrClFN2O2. The topological polar surface area (TPSA) is 50.4 Å². The van der Waals surface area contributed by atoms with Gasteiger partial charge in [0.15, 0.2) is 0 Å². The molecule has 4 nitrogen and oxygen atoms in total. The summed E-state index contributed by atoms with van der Waals surface area (Å²) < 4.78 is 18.6. The molecule has 1 aromatic carbocycles. The number of amides is 1. The lowest BCUT2D eigenvalue weighted by molar-refractivity contribution is -0.120. The van der Waals surface area contributed by atoms with Gasteiger partial charge < -0.3 is 15.4 Å². The summed E-state index contributed by atoms with van der Waals surface area (Å²) in [7, 11) is 0. The Morgan fingerprint density at radius 1 is 1.61 bits per heavy atom. The number of halogens is 3. The summed E-state index contributed by atoms with van der Waals surface area (Å²) in [6.45, 7) is 1.52. The molecule has 0 aliphatic carbocycles. The van der Waals surface area contributed by atoms with Crippen LogP contribution in [-0.4, -0.2) is 31.7 Å². The Balaban J connectivity index is 2.11. The van der Waals surface area contributed by atoms with Gasteiger partial charge in [0.25, 0.3) is 0 Å². The zero-order valence-electron chi connectivity index (χ0n) is 9.30. The van der Waals surface area contributed by atoms with E-state index in [9.17, 15) is 9.18 Å². The second-order valence-electron chi connectivity index (χ2n) is 3.82. The molecule has 1 unspecified atom stereocenters. The van der Waals surface area contributed by atoms with Crippen LogP contribution in [0.25, 0.3) is 0 Å². The molecule has 1 atom stereocenters. The van der Waals surface area contributed by atoms with Crippen LogP contribution in [-0.2, 0) is 9.53 Å². The van der Waals surface area contributed by atoms with E-state index in [1.54, 1.807) is 0 Å². The molecule has 1 aliphatic heterocycles. The van der Waals surface area contributed by atoms with Crippen molar-refractivity contribution in [1.82, 2.24) is 5.32 Å². The minimum atomic E-state index is -0.469. The Labute approximate surface area is 117 Å². The Morgan fingerprint density at radius 3 is 3.00 bits per heavy atom. The van der Waals surface area contributed by atoms with E-state index in [1.165, 1.54) is 6.07 Å². The number of morpholine rings is 1. The van der Waals surface area contributed by atoms with Crippen molar-refractivity contribution in [2.75, 3.05) is 25.1 Å². The van der Waals surface area contributed by atoms with Crippen molar-refractivity contribution in [3.8, 4) is 0 Å². The summed E-state index contributed by atoms with van der Waals surface area (Å²) >= 11 is 9.04. The molecule has 0 saturated carbocycles. The van der Waals surface area contributed by atoms with E-state index < -0.39 is 11.9 Å². The molecule has 0 spiro atoms. The number of hydrogen-bond donors (Lipinski definition) is 2. The molecule has 1 aromatic rings. The maximum atomic E-state index is 13.0. The maximum Gasteiger partial charge on any atom is 0.243 e. The van der Waals surface area contributed by atoms with Gasteiger partial charge in [0.2, 0.25) is 5.91 Å². The molecule has 0 radical (unpaired) electrons. The van der Waals surface area contributed by atoms with E-state index in [-0.39, 0.29) is 10.9 Å². The van der Waals surface area contributed by atoms with Gasteiger partial charge in [-0.3, -0.25) is 4.79 Å². The van der Waals surface area contributed by atoms with Crippen molar-refractivity contribution >= 4 is 39.1 Å². The van der Waals surface area contributed by atoms with Crippen molar-refractivity contribution in [3.63, 3.8) is 0 Å². The van der Waals surface area contributed by atoms with Gasteiger partial charge in [-0.2, -0.15) is 0 Å². The number of nitrogens with one attached hydrogen (secondary N) is 2. The van der Waals surface area contributed by atoms with Crippen molar-refractivity contribution in [2.45, 2.75) is 6.04 Å². The molecule has 1 heterocycles. The fraction of sp³-hybridized carbons (Fsp3) is 0.364. The monoisotopic (exact) mass is 336 g/mol. The summed E-state index contributed by atoms with van der Waals surface area (Å²) in [4.78, 5) is 11.9. The van der Waals surface area contributed by atoms with Gasteiger partial charge in [-0.15, -0.1) is 0 Å². The van der Waals surface area contributed by atoms with Gasteiger partial charge in [0.1, 0.15) is 11.9 Å². The van der Waals surface area contributed by atoms with Crippen molar-refractivity contribution in [3.05, 3.63) is 27.4 Å². The third-order valence-electron chi connectivity index (χ3n) is 2.49. The number of hydrogen-bond acceptors (Lipinski definition) is 3. The van der Waals surface area contributed by atoms with Gasteiger partial charge in [-0.05, 0) is 28.1 Å². The highest BCUT2D eigenvalue weighted by molar-refractivity contribution is 9.10. The lowest BCUT2D eigenvalue weighted by atomic mass is 10.2. The number of ether oxygens (including phenoxy) is 1. The molecule has 1 saturated heterocycles. The third-order valence-corrected chi connectivity index (χ3v) is 3.42. The second-order valence-corrected chi connectivity index (χ2v) is 5.08. The quantitative estimate of drug-likeness (QED) is 0.869. The first-order valence-electron chi connectivity index (χ1n) is 5.34.